The van der Waals surface area contributed by atoms with Crippen molar-refractivity contribution < 1.29 is 9.00 Å². The van der Waals surface area contributed by atoms with Crippen LogP contribution < -0.4 is 11.1 Å². The minimum absolute atomic E-state index is 0.112. The van der Waals surface area contributed by atoms with Crippen molar-refractivity contribution in [1.29, 1.82) is 0 Å². The van der Waals surface area contributed by atoms with Gasteiger partial charge in [0.1, 0.15) is 5.82 Å². The molecule has 1 heterocycles. The molecule has 1 aromatic rings. The van der Waals surface area contributed by atoms with Crippen LogP contribution in [0, 0.1) is 0 Å². The molecule has 0 fully saturated rings. The first-order valence-corrected chi connectivity index (χ1v) is 5.62. The molecule has 0 saturated carbocycles. The average Bonchev–Trinajstić information content (AvgIpc) is 2.16. The summed E-state index contributed by atoms with van der Waals surface area (Å²) < 4.78 is 10.4. The predicted molar refractivity (Wildman–Crippen MR) is 61.1 cm³/mol. The summed E-state index contributed by atoms with van der Waals surface area (Å²) in [5.74, 6) is 0.324. The lowest BCUT2D eigenvalue weighted by Gasteiger charge is -2.11. The molecule has 6 nitrogen and oxygen atoms in total. The van der Waals surface area contributed by atoms with Crippen LogP contribution in [0.15, 0.2) is 6.20 Å². The van der Waals surface area contributed by atoms with Crippen molar-refractivity contribution in [3.63, 3.8) is 0 Å². The number of nitrogens with two attached hydrogens (primary N) is 1. The van der Waals surface area contributed by atoms with Crippen LogP contribution in [0.2, 0.25) is 0 Å². The minimum Gasteiger partial charge on any atom is -0.367 e. The van der Waals surface area contributed by atoms with Gasteiger partial charge in [-0.25, -0.2) is 9.97 Å². The quantitative estimate of drug-likeness (QED) is 0.724. The molecule has 0 aromatic carbocycles. The van der Waals surface area contributed by atoms with Gasteiger partial charge in [-0.1, -0.05) is 0 Å². The van der Waals surface area contributed by atoms with E-state index in [0.717, 1.165) is 0 Å². The fourth-order valence-corrected chi connectivity index (χ4v) is 1.35. The van der Waals surface area contributed by atoms with Gasteiger partial charge in [0.15, 0.2) is 5.82 Å². The number of nitrogens with one attached hydrogen (secondary N) is 1. The van der Waals surface area contributed by atoms with Gasteiger partial charge in [0.25, 0.3) is 11.7 Å². The lowest BCUT2D eigenvalue weighted by molar-refractivity contribution is 0.100. The summed E-state index contributed by atoms with van der Waals surface area (Å²) in [6.45, 7) is 3.82. The van der Waals surface area contributed by atoms with E-state index in [-0.39, 0.29) is 17.4 Å². The van der Waals surface area contributed by atoms with E-state index >= 15 is 0 Å². The zero-order chi connectivity index (χ0) is 12.1. The Morgan fingerprint density at radius 1 is 1.62 bits per heavy atom. The second kappa shape index (κ2) is 5.45. The molecular weight excluding hydrogens is 228 g/mol. The Labute approximate surface area is 97.2 Å². The maximum absolute atomic E-state index is 11.1. The summed E-state index contributed by atoms with van der Waals surface area (Å²) in [7, 11) is 0. The van der Waals surface area contributed by atoms with Gasteiger partial charge in [-0.05, 0) is 13.8 Å². The third-order valence-electron chi connectivity index (χ3n) is 1.72. The normalized spacial score (nSPS) is 10.2. The van der Waals surface area contributed by atoms with E-state index < -0.39 is 5.91 Å². The minimum atomic E-state index is -0.593. The summed E-state index contributed by atoms with van der Waals surface area (Å²) >= 11 is 0.378. The van der Waals surface area contributed by atoms with E-state index in [1.807, 2.05) is 13.8 Å². The molecule has 0 bridgehead atoms. The Morgan fingerprint density at radius 3 is 2.81 bits per heavy atom. The van der Waals surface area contributed by atoms with Gasteiger partial charge in [-0.3, -0.25) is 4.79 Å². The number of nitrogens with zero attached hydrogens (tertiary/aromatic N) is 2. The van der Waals surface area contributed by atoms with Crippen LogP contribution >= 0.6 is 0 Å². The fourth-order valence-electron chi connectivity index (χ4n) is 1.10. The van der Waals surface area contributed by atoms with E-state index in [1.165, 1.54) is 6.20 Å². The Kier molecular flexibility index (Phi) is 4.24. The van der Waals surface area contributed by atoms with Crippen molar-refractivity contribution in [3.05, 3.63) is 17.6 Å². The molecule has 0 aliphatic rings. The number of aromatic nitrogens is 2. The van der Waals surface area contributed by atoms with E-state index in [0.29, 0.717) is 23.3 Å². The third-order valence-corrected chi connectivity index (χ3v) is 2.09. The lowest BCUT2D eigenvalue weighted by atomic mass is 10.2. The number of carbonyl (C=O) groups excluding carboxylic acids is 1. The largest absolute Gasteiger partial charge is 0.467 e. The topological polar surface area (TPSA) is 98.0 Å². The van der Waals surface area contributed by atoms with Crippen molar-refractivity contribution in [3.8, 4) is 0 Å². The van der Waals surface area contributed by atoms with Crippen LogP contribution in [0.5, 0.6) is 0 Å². The third kappa shape index (κ3) is 3.20. The number of primary amides is 1. The predicted octanol–water partition coefficient (Wildman–Crippen LogP) is 0.324. The monoisotopic (exact) mass is 241 g/mol. The van der Waals surface area contributed by atoms with E-state index in [9.17, 15) is 9.00 Å². The van der Waals surface area contributed by atoms with E-state index in [4.69, 9.17) is 5.73 Å². The molecule has 1 rings (SSSR count). The highest BCUT2D eigenvalue weighted by Crippen LogP contribution is 2.12. The molecule has 0 aliphatic heterocycles. The molecule has 16 heavy (non-hydrogen) atoms. The van der Waals surface area contributed by atoms with Crippen molar-refractivity contribution >= 4 is 23.4 Å². The van der Waals surface area contributed by atoms with Gasteiger partial charge in [-0.2, -0.15) is 0 Å². The second-order valence-electron chi connectivity index (χ2n) is 3.47. The van der Waals surface area contributed by atoms with Crippen molar-refractivity contribution in [2.45, 2.75) is 25.6 Å². The Balaban J connectivity index is 3.10. The van der Waals surface area contributed by atoms with Crippen molar-refractivity contribution in [2.75, 3.05) is 5.32 Å². The summed E-state index contributed by atoms with van der Waals surface area (Å²) in [5, 5.41) is 2.99. The van der Waals surface area contributed by atoms with E-state index in [2.05, 4.69) is 15.3 Å². The Bertz CT molecular complexity index is 408. The zero-order valence-electron chi connectivity index (χ0n) is 9.06. The zero-order valence-corrected chi connectivity index (χ0v) is 9.87. The molecular formula is C9H13N4O2S+. The van der Waals surface area contributed by atoms with Crippen molar-refractivity contribution in [1.82, 2.24) is 9.97 Å². The Morgan fingerprint density at radius 2 is 2.31 bits per heavy atom. The standard InChI is InChI=1S/C9H12N4O2S/c1-5(2)12-9-6(8(10)14)3-11-7(13-9)4-16-15/h3,5H,4H2,1-2H3,(H2-,10,11,12,13,14)/p+1. The highest BCUT2D eigenvalue weighted by Gasteiger charge is 2.15. The van der Waals surface area contributed by atoms with Crippen LogP contribution in [0.25, 0.3) is 0 Å². The number of carbonyl (C=O) groups is 1. The molecule has 1 aromatic heterocycles. The van der Waals surface area contributed by atoms with Gasteiger partial charge in [0.2, 0.25) is 0 Å². The SMILES string of the molecule is CC(C)Nc1nc(C[S+]=O)ncc1C(N)=O. The van der Waals surface area contributed by atoms with Crippen LogP contribution in [0.4, 0.5) is 5.82 Å². The number of hydrogen-bond acceptors (Lipinski definition) is 5. The summed E-state index contributed by atoms with van der Waals surface area (Å²) in [4.78, 5) is 19.1. The molecule has 0 unspecified atom stereocenters. The van der Waals surface area contributed by atoms with Crippen LogP contribution in [-0.4, -0.2) is 21.9 Å². The first-order valence-electron chi connectivity index (χ1n) is 4.71. The smallest absolute Gasteiger partial charge is 0.367 e. The lowest BCUT2D eigenvalue weighted by Crippen LogP contribution is -2.20. The van der Waals surface area contributed by atoms with Gasteiger partial charge in [0, 0.05) is 16.4 Å². The molecule has 7 heteroatoms. The maximum Gasteiger partial charge on any atom is 0.467 e. The van der Waals surface area contributed by atoms with Crippen LogP contribution in [-0.2, 0) is 21.6 Å². The molecule has 3 N–H and O–H groups in total. The highest BCUT2D eigenvalue weighted by molar-refractivity contribution is 7.64. The van der Waals surface area contributed by atoms with Gasteiger partial charge >= 0.3 is 11.7 Å². The summed E-state index contributed by atoms with van der Waals surface area (Å²) in [6, 6.07) is 0.112. The van der Waals surface area contributed by atoms with Crippen LogP contribution in [0.3, 0.4) is 0 Å². The molecule has 1 amide bonds. The fraction of sp³-hybridized carbons (Fsp3) is 0.444. The van der Waals surface area contributed by atoms with Crippen LogP contribution in [0.1, 0.15) is 30.0 Å². The summed E-state index contributed by atoms with van der Waals surface area (Å²) in [6.07, 6.45) is 1.34. The highest BCUT2D eigenvalue weighted by atomic mass is 32.1. The molecule has 0 saturated heterocycles. The van der Waals surface area contributed by atoms with Gasteiger partial charge in [0.05, 0.1) is 5.56 Å². The van der Waals surface area contributed by atoms with Gasteiger partial charge < -0.3 is 11.1 Å². The molecule has 0 aliphatic carbocycles. The second-order valence-corrected chi connectivity index (χ2v) is 4.00. The maximum atomic E-state index is 11.1. The summed E-state index contributed by atoms with van der Waals surface area (Å²) in [5.41, 5.74) is 5.42. The van der Waals surface area contributed by atoms with E-state index in [1.54, 1.807) is 0 Å². The average molecular weight is 241 g/mol. The number of rotatable bonds is 5. The first-order chi connectivity index (χ1) is 7.54. The molecule has 0 radical (unpaired) electrons. The van der Waals surface area contributed by atoms with Gasteiger partial charge in [-0.15, -0.1) is 0 Å². The molecule has 0 spiro atoms. The number of anilines is 1. The van der Waals surface area contributed by atoms with Crippen molar-refractivity contribution in [2.24, 2.45) is 5.73 Å². The molecule has 0 atom stereocenters. The number of amides is 1. The molecule has 86 valence electrons. The Hall–Kier alpha value is -1.63. The first kappa shape index (κ1) is 12.4. The number of hydrogen-bond donors (Lipinski definition) is 2.